The molecule has 0 aliphatic carbocycles. The Balaban J connectivity index is 0.000000153. The summed E-state index contributed by atoms with van der Waals surface area (Å²) >= 11 is 18.1. The molecule has 0 radical (unpaired) electrons. The molecule has 0 bridgehead atoms. The van der Waals surface area contributed by atoms with E-state index in [4.69, 9.17) is 34.8 Å². The molecule has 4 aliphatic rings. The molecule has 4 atom stereocenters. The Bertz CT molecular complexity index is 4740. The summed E-state index contributed by atoms with van der Waals surface area (Å²) in [5.74, 6) is 0.600. The predicted octanol–water partition coefficient (Wildman–Crippen LogP) is 19.9. The number of rotatable bonds is 19. The first kappa shape index (κ1) is 75.4. The third-order valence-corrected chi connectivity index (χ3v) is 25.7. The zero-order valence-corrected chi connectivity index (χ0v) is 62.0. The largest absolute Gasteiger partial charge is 0.312 e. The predicted molar refractivity (Wildman–Crippen MR) is 419 cm³/mol. The molecule has 10 aromatic rings. The van der Waals surface area contributed by atoms with Crippen molar-refractivity contribution in [3.63, 3.8) is 0 Å². The van der Waals surface area contributed by atoms with Crippen LogP contribution in [0, 0.1) is 5.92 Å². The van der Waals surface area contributed by atoms with Crippen molar-refractivity contribution in [2.24, 2.45) is 5.92 Å². The number of para-hydroxylation sites is 3. The molecule has 532 valence electrons. The van der Waals surface area contributed by atoms with E-state index in [9.17, 15) is 25.3 Å². The number of aryl methyl sites for hydroxylation is 3. The number of anilines is 3. The van der Waals surface area contributed by atoms with Crippen LogP contribution in [0.15, 0.2) is 263 Å². The molecular weight excluding hydrogens is 1390 g/mol. The molecule has 0 spiro atoms. The second-order valence-corrected chi connectivity index (χ2v) is 33.7. The van der Waals surface area contributed by atoms with E-state index in [1.807, 2.05) is 78.9 Å². The highest BCUT2D eigenvalue weighted by Gasteiger charge is 2.40. The van der Waals surface area contributed by atoms with E-state index in [2.05, 4.69) is 133 Å². The molecule has 0 saturated carbocycles. The van der Waals surface area contributed by atoms with Crippen molar-refractivity contribution in [3.8, 4) is 0 Å². The van der Waals surface area contributed by atoms with E-state index in [0.717, 1.165) is 127 Å². The van der Waals surface area contributed by atoms with Gasteiger partial charge in [-0.05, 0) is 230 Å². The van der Waals surface area contributed by atoms with Gasteiger partial charge in [-0.15, -0.1) is 0 Å². The number of nitrogens with one attached hydrogen (secondary N) is 2. The van der Waals surface area contributed by atoms with Gasteiger partial charge in [-0.2, -0.15) is 0 Å². The third kappa shape index (κ3) is 17.9. The molecule has 14 rings (SSSR count). The van der Waals surface area contributed by atoms with Gasteiger partial charge in [-0.3, -0.25) is 17.8 Å². The summed E-state index contributed by atoms with van der Waals surface area (Å²) in [6.45, 7) is 12.3. The number of halogens is 3. The minimum absolute atomic E-state index is 0. The van der Waals surface area contributed by atoms with Gasteiger partial charge in [0, 0.05) is 40.7 Å². The molecule has 4 heterocycles. The van der Waals surface area contributed by atoms with Crippen LogP contribution >= 0.6 is 34.8 Å². The minimum Gasteiger partial charge on any atom is -0.312 e. The number of hydrogen-bond donors (Lipinski definition) is 2. The van der Waals surface area contributed by atoms with Crippen molar-refractivity contribution in [1.82, 2.24) is 15.5 Å². The lowest BCUT2D eigenvalue weighted by Crippen LogP contribution is -2.38. The number of nitrogens with zero attached hydrogens (tertiary/aromatic N) is 4. The van der Waals surface area contributed by atoms with Crippen LogP contribution in [0.5, 0.6) is 0 Å². The Hall–Kier alpha value is -7.80. The van der Waals surface area contributed by atoms with Crippen molar-refractivity contribution in [1.29, 1.82) is 0 Å². The van der Waals surface area contributed by atoms with Crippen molar-refractivity contribution < 1.29 is 25.3 Å². The smallest absolute Gasteiger partial charge is 0.264 e. The van der Waals surface area contributed by atoms with Crippen LogP contribution in [0.4, 0.5) is 17.1 Å². The second-order valence-electron chi connectivity index (χ2n) is 26.9. The molecule has 102 heavy (non-hydrogen) atoms. The van der Waals surface area contributed by atoms with Gasteiger partial charge in [0.2, 0.25) is 0 Å². The average molecular weight is 1480 g/mol. The Labute approximate surface area is 620 Å². The van der Waals surface area contributed by atoms with Crippen molar-refractivity contribution in [2.45, 2.75) is 144 Å². The number of sulfonamides is 3. The Kier molecular flexibility index (Phi) is 25.3. The topological polar surface area (TPSA) is 139 Å². The van der Waals surface area contributed by atoms with Crippen LogP contribution in [0.1, 0.15) is 147 Å². The number of piperidine rings is 1. The molecule has 10 aromatic carbocycles. The van der Waals surface area contributed by atoms with E-state index < -0.39 is 30.1 Å². The van der Waals surface area contributed by atoms with E-state index in [0.29, 0.717) is 27.4 Å². The van der Waals surface area contributed by atoms with Crippen LogP contribution in [-0.4, -0.2) is 49.8 Å². The average Bonchev–Trinajstić information content (AvgIpc) is 0.763. The van der Waals surface area contributed by atoms with Crippen LogP contribution in [-0.2, 0) is 69.0 Å². The summed E-state index contributed by atoms with van der Waals surface area (Å²) in [4.78, 5) is 3.25. The lowest BCUT2D eigenvalue weighted by molar-refractivity contribution is 0.221. The van der Waals surface area contributed by atoms with Gasteiger partial charge in [-0.1, -0.05) is 220 Å². The van der Waals surface area contributed by atoms with Crippen LogP contribution in [0.25, 0.3) is 0 Å². The zero-order valence-electron chi connectivity index (χ0n) is 57.3. The third-order valence-electron chi connectivity index (χ3n) is 19.5. The van der Waals surface area contributed by atoms with Gasteiger partial charge in [0.1, 0.15) is 0 Å². The van der Waals surface area contributed by atoms with Crippen LogP contribution in [0.3, 0.4) is 0 Å². The number of fused-ring (bicyclic) bond motifs is 3. The van der Waals surface area contributed by atoms with Crippen LogP contribution < -0.4 is 23.5 Å². The second kappa shape index (κ2) is 34.2. The summed E-state index contributed by atoms with van der Waals surface area (Å²) in [5, 5.41) is 8.57. The molecule has 2 N–H and O–H groups in total. The normalized spacial score (nSPS) is 17.1. The lowest BCUT2D eigenvalue weighted by Gasteiger charge is -2.38. The Morgan fingerprint density at radius 1 is 0.392 bits per heavy atom. The van der Waals surface area contributed by atoms with E-state index in [-0.39, 0.29) is 46.3 Å². The maximum atomic E-state index is 13.9. The molecular formula is C84H91Cl3N6O6S3. The van der Waals surface area contributed by atoms with Gasteiger partial charge >= 0.3 is 0 Å². The maximum absolute atomic E-state index is 13.9. The summed E-state index contributed by atoms with van der Waals surface area (Å²) in [6, 6.07) is 77.6. The van der Waals surface area contributed by atoms with Gasteiger partial charge in [-0.25, -0.2) is 25.3 Å². The first-order valence-corrected chi connectivity index (χ1v) is 40.4. The molecule has 0 amide bonds. The van der Waals surface area contributed by atoms with Crippen molar-refractivity contribution in [3.05, 3.63) is 319 Å². The fraction of sp³-hybridized carbons (Fsp3) is 0.286. The number of likely N-dealkylation sites (tertiary alicyclic amines) is 1. The Morgan fingerprint density at radius 3 is 1.09 bits per heavy atom. The molecule has 12 nitrogen and oxygen atoms in total. The zero-order chi connectivity index (χ0) is 70.7. The van der Waals surface area contributed by atoms with E-state index in [1.54, 1.807) is 85.7 Å². The summed E-state index contributed by atoms with van der Waals surface area (Å²) < 4.78 is 87.9. The Morgan fingerprint density at radius 2 is 0.725 bits per heavy atom. The fourth-order valence-electron chi connectivity index (χ4n) is 14.1. The first-order valence-electron chi connectivity index (χ1n) is 34.9. The maximum Gasteiger partial charge on any atom is 0.264 e. The number of hydrogen-bond acceptors (Lipinski definition) is 9. The quantitative estimate of drug-likeness (QED) is 0.0810. The van der Waals surface area contributed by atoms with Gasteiger partial charge in [0.05, 0.1) is 49.9 Å². The fourth-order valence-corrected chi connectivity index (χ4v) is 19.6. The molecule has 1 fully saturated rings. The van der Waals surface area contributed by atoms with Gasteiger partial charge in [0.25, 0.3) is 30.1 Å². The summed E-state index contributed by atoms with van der Waals surface area (Å²) in [5.41, 5.74) is 13.3. The van der Waals surface area contributed by atoms with Gasteiger partial charge < -0.3 is 10.6 Å². The highest BCUT2D eigenvalue weighted by molar-refractivity contribution is 7.93. The lowest BCUT2D eigenvalue weighted by atomic mass is 9.93. The molecule has 3 unspecified atom stereocenters. The molecule has 4 aliphatic heterocycles. The number of benzene rings is 10. The van der Waals surface area contributed by atoms with E-state index in [1.165, 1.54) is 36.0 Å². The van der Waals surface area contributed by atoms with Gasteiger partial charge in [0.15, 0.2) is 0 Å². The van der Waals surface area contributed by atoms with Crippen LogP contribution in [0.2, 0.25) is 15.1 Å². The molecule has 1 saturated heterocycles. The van der Waals surface area contributed by atoms with E-state index >= 15 is 0 Å². The van der Waals surface area contributed by atoms with Crippen molar-refractivity contribution in [2.75, 3.05) is 32.5 Å². The first-order chi connectivity index (χ1) is 48.8. The molecule has 0 aromatic heterocycles. The molecule has 18 heteroatoms. The monoisotopic (exact) mass is 1480 g/mol. The standard InChI is InChI=1S/C30H29ClN2O2S.C27H29ClN2O2S.C26H29ClN2O2S.CH4/c1-22(24-7-3-2-4-8-24)32-21-23-11-13-26(14-12-23)30-20-15-25-9-5-6-10-29(25)33(30)36(34,35)28-18-16-27(31)17-19-28;28-24-13-15-25(16-14-24)33(31,32)30-26-7-3-2-6-22(26)12-17-27(30)23-10-8-21(9-11-23)20-29-18-4-1-5-19-29;1-19(2)17-28-18-20-7-9-22(10-8-20)26-16-11-21-5-3-4-6-25(21)29(26)32(30,31)24-14-12-23(27)13-15-24;/h2-14,16-19,22,30,32H,15,20-21H2,1H3;2-3,6-11,13-16,27H,1,4-5,12,17-20H2;3-10,12-15,19,26,28H,11,16-18H2,1-2H3;1H4/t22-,30?;;;/m1.../s1. The summed E-state index contributed by atoms with van der Waals surface area (Å²) in [6.07, 6.45) is 8.58. The summed E-state index contributed by atoms with van der Waals surface area (Å²) in [7, 11) is -11.3. The SMILES string of the molecule is C.CC(C)CNCc1ccc(C2CCc3ccccc3N2S(=O)(=O)c2ccc(Cl)cc2)cc1.C[C@@H](NCc1ccc(C2CCc3ccccc3N2S(=O)(=O)c2ccc(Cl)cc2)cc1)c1ccccc1.O=S(=O)(c1ccc(Cl)cc1)N1c2ccccc2CCC1c1ccc(CN2CCCCC2)cc1. The highest BCUT2D eigenvalue weighted by atomic mass is 35.5. The van der Waals surface area contributed by atoms with Crippen molar-refractivity contribution >= 4 is 81.9 Å². The highest BCUT2D eigenvalue weighted by Crippen LogP contribution is 2.46. The minimum atomic E-state index is -3.79.